The number of aryl methyl sites for hydroxylation is 1. The Hall–Kier alpha value is -3.79. The SMILES string of the molecule is C#Cc1ccccc1C(C(=O)Nc1ccccc1C)N(CC)C(=O)CNC(=O)OC(C)(C)C. The maximum Gasteiger partial charge on any atom is 0.408 e. The zero-order valence-electron chi connectivity index (χ0n) is 19.8. The molecule has 0 aromatic heterocycles. The molecule has 7 nitrogen and oxygen atoms in total. The zero-order chi connectivity index (χ0) is 24.6. The van der Waals surface area contributed by atoms with E-state index in [9.17, 15) is 14.4 Å². The molecular weight excluding hydrogens is 418 g/mol. The predicted octanol–water partition coefficient (Wildman–Crippen LogP) is 4.03. The number of ether oxygens (including phenoxy) is 1. The van der Waals surface area contributed by atoms with Crippen LogP contribution in [0, 0.1) is 19.3 Å². The van der Waals surface area contributed by atoms with Crippen LogP contribution in [-0.4, -0.2) is 41.5 Å². The normalized spacial score (nSPS) is 11.6. The molecule has 0 aliphatic rings. The summed E-state index contributed by atoms with van der Waals surface area (Å²) in [6.45, 7) is 8.74. The lowest BCUT2D eigenvalue weighted by Gasteiger charge is -2.31. The van der Waals surface area contributed by atoms with Crippen LogP contribution in [0.15, 0.2) is 48.5 Å². The van der Waals surface area contributed by atoms with E-state index in [4.69, 9.17) is 11.2 Å². The molecule has 1 unspecified atom stereocenters. The number of benzene rings is 2. The van der Waals surface area contributed by atoms with E-state index in [1.54, 1.807) is 58.0 Å². The van der Waals surface area contributed by atoms with Crippen LogP contribution in [0.5, 0.6) is 0 Å². The van der Waals surface area contributed by atoms with Gasteiger partial charge in [0.05, 0.1) is 0 Å². The number of nitrogens with one attached hydrogen (secondary N) is 2. The van der Waals surface area contributed by atoms with E-state index >= 15 is 0 Å². The molecule has 0 fully saturated rings. The van der Waals surface area contributed by atoms with Gasteiger partial charge in [-0.05, 0) is 57.9 Å². The summed E-state index contributed by atoms with van der Waals surface area (Å²) in [7, 11) is 0. The third-order valence-corrected chi connectivity index (χ3v) is 4.82. The van der Waals surface area contributed by atoms with E-state index in [0.29, 0.717) is 16.8 Å². The van der Waals surface area contributed by atoms with Crippen molar-refractivity contribution in [2.24, 2.45) is 0 Å². The molecule has 0 aliphatic carbocycles. The molecule has 2 aromatic rings. The van der Waals surface area contributed by atoms with Crippen molar-refractivity contribution in [1.29, 1.82) is 0 Å². The van der Waals surface area contributed by atoms with Crippen molar-refractivity contribution in [2.75, 3.05) is 18.4 Å². The van der Waals surface area contributed by atoms with Crippen LogP contribution in [0.3, 0.4) is 0 Å². The third kappa shape index (κ3) is 7.11. The first kappa shape index (κ1) is 25.5. The second-order valence-electron chi connectivity index (χ2n) is 8.47. The number of likely N-dealkylation sites (N-methyl/N-ethyl adjacent to an activating group) is 1. The van der Waals surface area contributed by atoms with Crippen molar-refractivity contribution in [3.63, 3.8) is 0 Å². The minimum atomic E-state index is -0.991. The lowest BCUT2D eigenvalue weighted by Crippen LogP contribution is -2.46. The average Bonchev–Trinajstić information content (AvgIpc) is 2.76. The highest BCUT2D eigenvalue weighted by atomic mass is 16.6. The van der Waals surface area contributed by atoms with Gasteiger partial charge in [0.25, 0.3) is 5.91 Å². The Balaban J connectivity index is 2.35. The minimum absolute atomic E-state index is 0.222. The van der Waals surface area contributed by atoms with E-state index < -0.39 is 29.6 Å². The smallest absolute Gasteiger partial charge is 0.408 e. The molecule has 0 radical (unpaired) electrons. The number of carbonyl (C=O) groups excluding carboxylic acids is 3. The van der Waals surface area contributed by atoms with Gasteiger partial charge in [0.1, 0.15) is 18.2 Å². The fourth-order valence-electron chi connectivity index (χ4n) is 3.30. The molecular formula is C26H31N3O4. The van der Waals surface area contributed by atoms with Crippen molar-refractivity contribution in [1.82, 2.24) is 10.2 Å². The summed E-state index contributed by atoms with van der Waals surface area (Å²) in [5.74, 6) is 1.74. The van der Waals surface area contributed by atoms with E-state index in [1.165, 1.54) is 4.90 Å². The van der Waals surface area contributed by atoms with Gasteiger partial charge < -0.3 is 20.3 Å². The number of rotatable bonds is 7. The molecule has 33 heavy (non-hydrogen) atoms. The van der Waals surface area contributed by atoms with E-state index in [2.05, 4.69) is 16.6 Å². The fraction of sp³-hybridized carbons (Fsp3) is 0.346. The van der Waals surface area contributed by atoms with Gasteiger partial charge >= 0.3 is 6.09 Å². The monoisotopic (exact) mass is 449 g/mol. The molecule has 0 bridgehead atoms. The third-order valence-electron chi connectivity index (χ3n) is 4.82. The molecule has 0 saturated heterocycles. The Morgan fingerprint density at radius 1 is 1.09 bits per heavy atom. The van der Waals surface area contributed by atoms with Crippen LogP contribution in [0.1, 0.15) is 50.4 Å². The lowest BCUT2D eigenvalue weighted by molar-refractivity contribution is -0.138. The second-order valence-corrected chi connectivity index (χ2v) is 8.47. The Kier molecular flexibility index (Phi) is 8.63. The van der Waals surface area contributed by atoms with Crippen molar-refractivity contribution in [3.8, 4) is 12.3 Å². The minimum Gasteiger partial charge on any atom is -0.444 e. The number of para-hydroxylation sites is 1. The van der Waals surface area contributed by atoms with E-state index in [0.717, 1.165) is 5.56 Å². The molecule has 2 aromatic carbocycles. The fourth-order valence-corrected chi connectivity index (χ4v) is 3.30. The van der Waals surface area contributed by atoms with Crippen LogP contribution in [0.4, 0.5) is 10.5 Å². The van der Waals surface area contributed by atoms with Crippen molar-refractivity contribution >= 4 is 23.6 Å². The first-order valence-electron chi connectivity index (χ1n) is 10.8. The standard InChI is InChI=1S/C26H31N3O4/c1-7-19-14-10-11-15-20(19)23(24(31)28-21-16-12-9-13-18(21)3)29(8-2)22(30)17-27-25(32)33-26(4,5)6/h1,9-16,23H,8,17H2,2-6H3,(H,27,32)(H,28,31). The van der Waals surface area contributed by atoms with E-state index in [-0.39, 0.29) is 13.1 Å². The summed E-state index contributed by atoms with van der Waals surface area (Å²) in [6, 6.07) is 13.4. The van der Waals surface area contributed by atoms with Crippen LogP contribution in [0.25, 0.3) is 0 Å². The maximum atomic E-state index is 13.5. The van der Waals surface area contributed by atoms with Crippen molar-refractivity contribution in [2.45, 2.75) is 46.3 Å². The topological polar surface area (TPSA) is 87.7 Å². The number of alkyl carbamates (subject to hydrolysis) is 1. The number of amides is 3. The van der Waals surface area contributed by atoms with Crippen molar-refractivity contribution < 1.29 is 19.1 Å². The zero-order valence-corrected chi connectivity index (χ0v) is 19.8. The number of carbonyl (C=O) groups is 3. The van der Waals surface area contributed by atoms with Crippen LogP contribution in [-0.2, 0) is 14.3 Å². The summed E-state index contributed by atoms with van der Waals surface area (Å²) in [4.78, 5) is 40.0. The molecule has 0 aliphatic heterocycles. The first-order chi connectivity index (χ1) is 15.6. The van der Waals surface area contributed by atoms with Gasteiger partial charge in [-0.15, -0.1) is 6.42 Å². The molecule has 0 saturated carbocycles. The number of nitrogens with zero attached hydrogens (tertiary/aromatic N) is 1. The number of hydrogen-bond acceptors (Lipinski definition) is 4. The number of hydrogen-bond donors (Lipinski definition) is 2. The molecule has 7 heteroatoms. The summed E-state index contributed by atoms with van der Waals surface area (Å²) in [5, 5.41) is 5.37. The predicted molar refractivity (Wildman–Crippen MR) is 129 cm³/mol. The molecule has 1 atom stereocenters. The highest BCUT2D eigenvalue weighted by Crippen LogP contribution is 2.27. The number of anilines is 1. The van der Waals surface area contributed by atoms with Gasteiger partial charge in [0.2, 0.25) is 5.91 Å². The van der Waals surface area contributed by atoms with Crippen LogP contribution >= 0.6 is 0 Å². The first-order valence-corrected chi connectivity index (χ1v) is 10.8. The lowest BCUT2D eigenvalue weighted by atomic mass is 9.98. The van der Waals surface area contributed by atoms with Gasteiger partial charge in [-0.3, -0.25) is 9.59 Å². The maximum absolute atomic E-state index is 13.5. The quantitative estimate of drug-likeness (QED) is 0.625. The van der Waals surface area contributed by atoms with Gasteiger partial charge in [0.15, 0.2) is 0 Å². The molecule has 174 valence electrons. The molecule has 0 spiro atoms. The van der Waals surface area contributed by atoms with Gasteiger partial charge in [-0.2, -0.15) is 0 Å². The Labute approximate surface area is 195 Å². The molecule has 3 amide bonds. The Morgan fingerprint density at radius 3 is 2.33 bits per heavy atom. The van der Waals surface area contributed by atoms with Crippen LogP contribution < -0.4 is 10.6 Å². The van der Waals surface area contributed by atoms with Crippen molar-refractivity contribution in [3.05, 3.63) is 65.2 Å². The summed E-state index contributed by atoms with van der Waals surface area (Å²) < 4.78 is 5.20. The Morgan fingerprint density at radius 2 is 1.73 bits per heavy atom. The summed E-state index contributed by atoms with van der Waals surface area (Å²) in [6.07, 6.45) is 4.97. The molecule has 2 N–H and O–H groups in total. The molecule has 0 heterocycles. The summed E-state index contributed by atoms with van der Waals surface area (Å²) >= 11 is 0. The second kappa shape index (κ2) is 11.2. The molecule has 2 rings (SSSR count). The van der Waals surface area contributed by atoms with E-state index in [1.807, 2.05) is 25.1 Å². The highest BCUT2D eigenvalue weighted by molar-refractivity contribution is 5.99. The van der Waals surface area contributed by atoms with Crippen LogP contribution in [0.2, 0.25) is 0 Å². The number of terminal acetylenes is 1. The highest BCUT2D eigenvalue weighted by Gasteiger charge is 2.32. The largest absolute Gasteiger partial charge is 0.444 e. The average molecular weight is 450 g/mol. The van der Waals surface area contributed by atoms with Gasteiger partial charge in [-0.1, -0.05) is 42.3 Å². The van der Waals surface area contributed by atoms with Gasteiger partial charge in [-0.25, -0.2) is 4.79 Å². The summed E-state index contributed by atoms with van der Waals surface area (Å²) in [5.41, 5.74) is 1.86. The Bertz CT molecular complexity index is 1050. The van der Waals surface area contributed by atoms with Gasteiger partial charge in [0, 0.05) is 17.8 Å².